The molecule has 0 aliphatic rings. The number of amides is 1. The van der Waals surface area contributed by atoms with Gasteiger partial charge in [-0.1, -0.05) is 21.7 Å². The summed E-state index contributed by atoms with van der Waals surface area (Å²) >= 11 is 0.968. The van der Waals surface area contributed by atoms with Crippen LogP contribution in [0.1, 0.15) is 15.9 Å². The van der Waals surface area contributed by atoms with Crippen LogP contribution >= 0.6 is 11.5 Å². The van der Waals surface area contributed by atoms with Crippen molar-refractivity contribution in [3.8, 4) is 0 Å². The van der Waals surface area contributed by atoms with E-state index in [4.69, 9.17) is 5.11 Å². The highest BCUT2D eigenvalue weighted by Crippen LogP contribution is 2.11. The van der Waals surface area contributed by atoms with Gasteiger partial charge in [-0.2, -0.15) is 0 Å². The first-order chi connectivity index (χ1) is 9.15. The Morgan fingerprint density at radius 2 is 2.21 bits per heavy atom. The van der Waals surface area contributed by atoms with Crippen LogP contribution in [0.2, 0.25) is 0 Å². The molecule has 0 spiro atoms. The van der Waals surface area contributed by atoms with Crippen molar-refractivity contribution in [2.24, 2.45) is 0 Å². The summed E-state index contributed by atoms with van der Waals surface area (Å²) < 4.78 is 3.52. The van der Waals surface area contributed by atoms with E-state index in [2.05, 4.69) is 20.1 Å². The van der Waals surface area contributed by atoms with Crippen molar-refractivity contribution >= 4 is 34.6 Å². The lowest BCUT2D eigenvalue weighted by atomic mass is 10.1. The normalized spacial score (nSPS) is 10.5. The Kier molecular flexibility index (Phi) is 3.94. The third-order valence-corrected chi connectivity index (χ3v) is 2.60. The molecule has 2 aromatic rings. The lowest BCUT2D eigenvalue weighted by Gasteiger charge is -2.01. The van der Waals surface area contributed by atoms with Crippen LogP contribution < -0.4 is 5.32 Å². The van der Waals surface area contributed by atoms with Crippen molar-refractivity contribution in [3.63, 3.8) is 0 Å². The summed E-state index contributed by atoms with van der Waals surface area (Å²) in [6.07, 6.45) is 2.41. The number of benzene rings is 1. The first-order valence-corrected chi connectivity index (χ1v) is 5.90. The second kappa shape index (κ2) is 5.83. The lowest BCUT2D eigenvalue weighted by molar-refractivity contribution is -0.131. The van der Waals surface area contributed by atoms with E-state index in [1.807, 2.05) is 0 Å². The van der Waals surface area contributed by atoms with Gasteiger partial charge in [-0.05, 0) is 29.0 Å². The fourth-order valence-electron chi connectivity index (χ4n) is 1.30. The van der Waals surface area contributed by atoms with Gasteiger partial charge >= 0.3 is 5.97 Å². The van der Waals surface area contributed by atoms with Crippen LogP contribution in [-0.2, 0) is 4.79 Å². The number of aromatic nitrogens is 3. The molecule has 0 fully saturated rings. The van der Waals surface area contributed by atoms with Crippen LogP contribution in [0.4, 0.5) is 5.13 Å². The van der Waals surface area contributed by atoms with Gasteiger partial charge in [-0.25, -0.2) is 4.79 Å². The molecule has 1 amide bonds. The minimum Gasteiger partial charge on any atom is -0.478 e. The van der Waals surface area contributed by atoms with Gasteiger partial charge in [-0.15, -0.1) is 0 Å². The standard InChI is InChI=1S/C11H8N4O3S/c16-9(17)5-4-7-2-1-3-8(6-7)10(18)12-11-13-14-15-19-11/h1-6H,(H,16,17)(H,12,13,15,18)/b5-4+. The molecule has 0 unspecified atom stereocenters. The molecule has 1 heterocycles. The molecule has 96 valence electrons. The SMILES string of the molecule is O=C(O)/C=C/c1cccc(C(=O)Nc2nnns2)c1. The summed E-state index contributed by atoms with van der Waals surface area (Å²) in [4.78, 5) is 22.3. The van der Waals surface area contributed by atoms with Gasteiger partial charge in [-0.3, -0.25) is 10.1 Å². The maximum atomic E-state index is 11.9. The zero-order valence-corrected chi connectivity index (χ0v) is 10.3. The molecule has 7 nitrogen and oxygen atoms in total. The van der Waals surface area contributed by atoms with E-state index in [1.54, 1.807) is 24.3 Å². The molecule has 1 aromatic carbocycles. The molecule has 2 N–H and O–H groups in total. The van der Waals surface area contributed by atoms with Gasteiger partial charge < -0.3 is 5.11 Å². The topological polar surface area (TPSA) is 105 Å². The maximum Gasteiger partial charge on any atom is 0.328 e. The Bertz CT molecular complexity index is 625. The fourth-order valence-corrected chi connectivity index (χ4v) is 1.66. The van der Waals surface area contributed by atoms with Gasteiger partial charge in [0.25, 0.3) is 5.91 Å². The van der Waals surface area contributed by atoms with Crippen LogP contribution in [-0.4, -0.2) is 31.8 Å². The molecule has 0 saturated heterocycles. The zero-order chi connectivity index (χ0) is 13.7. The highest BCUT2D eigenvalue weighted by Gasteiger charge is 2.08. The third-order valence-electron chi connectivity index (χ3n) is 2.09. The second-order valence-corrected chi connectivity index (χ2v) is 4.15. The number of aliphatic carboxylic acids is 1. The summed E-state index contributed by atoms with van der Waals surface area (Å²) in [5.74, 6) is -1.40. The van der Waals surface area contributed by atoms with Gasteiger partial charge in [0.2, 0.25) is 5.13 Å². The van der Waals surface area contributed by atoms with Crippen molar-refractivity contribution in [3.05, 3.63) is 41.5 Å². The Morgan fingerprint density at radius 1 is 1.37 bits per heavy atom. The first kappa shape index (κ1) is 12.8. The zero-order valence-electron chi connectivity index (χ0n) is 9.48. The van der Waals surface area contributed by atoms with E-state index in [9.17, 15) is 9.59 Å². The number of rotatable bonds is 4. The monoisotopic (exact) mass is 276 g/mol. The number of anilines is 1. The number of hydrogen-bond donors (Lipinski definition) is 2. The molecule has 0 aliphatic carbocycles. The van der Waals surface area contributed by atoms with Gasteiger partial charge in [0, 0.05) is 23.2 Å². The number of nitrogens with zero attached hydrogens (tertiary/aromatic N) is 3. The second-order valence-electron chi connectivity index (χ2n) is 3.42. The molecule has 0 atom stereocenters. The van der Waals surface area contributed by atoms with Crippen LogP contribution in [0.25, 0.3) is 6.08 Å². The molecule has 0 radical (unpaired) electrons. The van der Waals surface area contributed by atoms with Crippen molar-refractivity contribution in [2.75, 3.05) is 5.32 Å². The highest BCUT2D eigenvalue weighted by atomic mass is 32.1. The van der Waals surface area contributed by atoms with Crippen molar-refractivity contribution in [1.29, 1.82) is 0 Å². The summed E-state index contributed by atoms with van der Waals surface area (Å²) in [5, 5.41) is 18.3. The van der Waals surface area contributed by atoms with Crippen LogP contribution in [0.3, 0.4) is 0 Å². The number of carboxylic acids is 1. The Labute approximate surface area is 111 Å². The Hall–Kier alpha value is -2.61. The fraction of sp³-hybridized carbons (Fsp3) is 0. The smallest absolute Gasteiger partial charge is 0.328 e. The average Bonchev–Trinajstić information content (AvgIpc) is 2.89. The van der Waals surface area contributed by atoms with E-state index in [1.165, 1.54) is 6.08 Å². The maximum absolute atomic E-state index is 11.9. The largest absolute Gasteiger partial charge is 0.478 e. The van der Waals surface area contributed by atoms with Crippen LogP contribution in [0.5, 0.6) is 0 Å². The van der Waals surface area contributed by atoms with Gasteiger partial charge in [0.1, 0.15) is 0 Å². The van der Waals surface area contributed by atoms with Crippen LogP contribution in [0.15, 0.2) is 30.3 Å². The lowest BCUT2D eigenvalue weighted by Crippen LogP contribution is -2.11. The molecular formula is C11H8N4O3S. The van der Waals surface area contributed by atoms with Gasteiger partial charge in [0.15, 0.2) is 0 Å². The molecule has 19 heavy (non-hydrogen) atoms. The summed E-state index contributed by atoms with van der Waals surface area (Å²) in [7, 11) is 0. The number of nitrogens with one attached hydrogen (secondary N) is 1. The Morgan fingerprint density at radius 3 is 2.89 bits per heavy atom. The number of carbonyl (C=O) groups is 2. The van der Waals surface area contributed by atoms with Gasteiger partial charge in [0.05, 0.1) is 0 Å². The van der Waals surface area contributed by atoms with E-state index >= 15 is 0 Å². The van der Waals surface area contributed by atoms with E-state index < -0.39 is 5.97 Å². The predicted octanol–water partition coefficient (Wildman–Crippen LogP) is 1.28. The molecule has 1 aromatic heterocycles. The first-order valence-electron chi connectivity index (χ1n) is 5.12. The third kappa shape index (κ3) is 3.68. The summed E-state index contributed by atoms with van der Waals surface area (Å²) in [6, 6.07) is 6.54. The molecule has 2 rings (SSSR count). The minimum absolute atomic E-state index is 0.302. The predicted molar refractivity (Wildman–Crippen MR) is 68.8 cm³/mol. The van der Waals surface area contributed by atoms with E-state index in [0.29, 0.717) is 16.3 Å². The Balaban J connectivity index is 2.14. The van der Waals surface area contributed by atoms with Crippen molar-refractivity contribution in [1.82, 2.24) is 14.8 Å². The number of carboxylic acid groups (broad SMARTS) is 1. The molecule has 8 heteroatoms. The van der Waals surface area contributed by atoms with E-state index in [-0.39, 0.29) is 5.91 Å². The van der Waals surface area contributed by atoms with E-state index in [0.717, 1.165) is 17.6 Å². The summed E-state index contributed by atoms with van der Waals surface area (Å²) in [5.41, 5.74) is 1.01. The molecule has 0 bridgehead atoms. The van der Waals surface area contributed by atoms with Crippen molar-refractivity contribution < 1.29 is 14.7 Å². The summed E-state index contributed by atoms with van der Waals surface area (Å²) in [6.45, 7) is 0. The van der Waals surface area contributed by atoms with Crippen molar-refractivity contribution in [2.45, 2.75) is 0 Å². The minimum atomic E-state index is -1.05. The van der Waals surface area contributed by atoms with Crippen LogP contribution in [0, 0.1) is 0 Å². The molecule has 0 aliphatic heterocycles. The average molecular weight is 276 g/mol. The number of carbonyl (C=O) groups excluding carboxylic acids is 1. The number of hydrogen-bond acceptors (Lipinski definition) is 6. The quantitative estimate of drug-likeness (QED) is 0.815. The highest BCUT2D eigenvalue weighted by molar-refractivity contribution is 7.09. The molecular weight excluding hydrogens is 268 g/mol. The molecule has 0 saturated carbocycles.